The van der Waals surface area contributed by atoms with Gasteiger partial charge in [-0.15, -0.1) is 5.10 Å². The summed E-state index contributed by atoms with van der Waals surface area (Å²) in [5.74, 6) is 1.07. The fourth-order valence-corrected chi connectivity index (χ4v) is 3.15. The number of hydrogen-bond acceptors (Lipinski definition) is 8. The second-order valence-electron chi connectivity index (χ2n) is 5.74. The molecule has 1 heterocycles. The second kappa shape index (κ2) is 8.61. The van der Waals surface area contributed by atoms with Crippen LogP contribution >= 0.6 is 11.8 Å². The number of rotatable bonds is 7. The minimum absolute atomic E-state index is 0.146. The fraction of sp³-hybridized carbons (Fsp3) is 0.222. The average Bonchev–Trinajstić information content (AvgIpc) is 3.16. The number of ether oxygens (including phenoxy) is 2. The predicted octanol–water partition coefficient (Wildman–Crippen LogP) is 2.50. The van der Waals surface area contributed by atoms with Gasteiger partial charge in [-0.25, -0.2) is 0 Å². The van der Waals surface area contributed by atoms with Crippen molar-refractivity contribution >= 4 is 23.4 Å². The van der Waals surface area contributed by atoms with Gasteiger partial charge in [-0.1, -0.05) is 11.8 Å². The smallest absolute Gasteiger partial charge is 0.237 e. The number of nitrogens with one attached hydrogen (secondary N) is 1. The lowest BCUT2D eigenvalue weighted by molar-refractivity contribution is -0.115. The molecule has 0 aliphatic carbocycles. The molecule has 2 N–H and O–H groups in total. The fourth-order valence-electron chi connectivity index (χ4n) is 2.34. The first-order chi connectivity index (χ1) is 13.5. The molecule has 1 aromatic heterocycles. The Balaban J connectivity index is 1.72. The topological polar surface area (TPSA) is 111 Å². The van der Waals surface area contributed by atoms with Crippen LogP contribution < -0.4 is 14.8 Å². The number of anilines is 1. The minimum atomic E-state index is -0.473. The molecule has 3 rings (SSSR count). The van der Waals surface area contributed by atoms with Gasteiger partial charge in [0.2, 0.25) is 11.1 Å². The Morgan fingerprint density at radius 1 is 1.14 bits per heavy atom. The van der Waals surface area contributed by atoms with Gasteiger partial charge in [0.25, 0.3) is 0 Å². The van der Waals surface area contributed by atoms with Crippen molar-refractivity contribution in [3.63, 3.8) is 0 Å². The highest BCUT2D eigenvalue weighted by Crippen LogP contribution is 2.28. The zero-order valence-electron chi connectivity index (χ0n) is 15.5. The lowest BCUT2D eigenvalue weighted by Gasteiger charge is -2.13. The molecule has 0 aliphatic heterocycles. The molecular weight excluding hydrogens is 382 g/mol. The van der Waals surface area contributed by atoms with Crippen molar-refractivity contribution in [1.29, 1.82) is 0 Å². The maximum atomic E-state index is 12.6. The van der Waals surface area contributed by atoms with Gasteiger partial charge in [0, 0.05) is 23.9 Å². The molecule has 0 radical (unpaired) electrons. The largest absolute Gasteiger partial charge is 0.508 e. The van der Waals surface area contributed by atoms with E-state index in [1.165, 1.54) is 28.6 Å². The van der Waals surface area contributed by atoms with Crippen LogP contribution in [0.5, 0.6) is 17.2 Å². The van der Waals surface area contributed by atoms with Gasteiger partial charge >= 0.3 is 0 Å². The molecule has 1 amide bonds. The average molecular weight is 401 g/mol. The number of aromatic hydroxyl groups is 1. The Labute approximate surface area is 165 Å². The van der Waals surface area contributed by atoms with Crippen molar-refractivity contribution in [2.45, 2.75) is 17.3 Å². The van der Waals surface area contributed by atoms with Gasteiger partial charge in [-0.2, -0.15) is 4.68 Å². The molecule has 1 unspecified atom stereocenters. The Morgan fingerprint density at radius 3 is 2.39 bits per heavy atom. The number of thioether (sulfide) groups is 1. The highest BCUT2D eigenvalue weighted by atomic mass is 32.2. The van der Waals surface area contributed by atoms with Crippen LogP contribution in [-0.2, 0) is 4.79 Å². The van der Waals surface area contributed by atoms with Crippen LogP contribution in [0, 0.1) is 0 Å². The van der Waals surface area contributed by atoms with Gasteiger partial charge in [0.05, 0.1) is 25.2 Å². The van der Waals surface area contributed by atoms with Crippen LogP contribution in [0.3, 0.4) is 0 Å². The third kappa shape index (κ3) is 4.52. The maximum Gasteiger partial charge on any atom is 0.237 e. The van der Waals surface area contributed by atoms with Gasteiger partial charge in [-0.05, 0) is 41.6 Å². The van der Waals surface area contributed by atoms with Gasteiger partial charge < -0.3 is 19.9 Å². The van der Waals surface area contributed by atoms with Crippen molar-refractivity contribution in [3.8, 4) is 22.9 Å². The molecule has 0 saturated carbocycles. The van der Waals surface area contributed by atoms with Crippen LogP contribution in [0.25, 0.3) is 5.69 Å². The highest BCUT2D eigenvalue weighted by Gasteiger charge is 2.20. The van der Waals surface area contributed by atoms with Crippen molar-refractivity contribution in [1.82, 2.24) is 20.2 Å². The van der Waals surface area contributed by atoms with Crippen LogP contribution in [0.4, 0.5) is 5.69 Å². The monoisotopic (exact) mass is 401 g/mol. The molecular formula is C18H19N5O4S. The number of amides is 1. The minimum Gasteiger partial charge on any atom is -0.508 e. The molecule has 0 aliphatic rings. The molecule has 10 heteroatoms. The second-order valence-corrected chi connectivity index (χ2v) is 7.05. The molecule has 146 valence electrons. The summed E-state index contributed by atoms with van der Waals surface area (Å²) in [4.78, 5) is 12.6. The van der Waals surface area contributed by atoms with Crippen LogP contribution in [0.2, 0.25) is 0 Å². The Bertz CT molecular complexity index is 939. The van der Waals surface area contributed by atoms with E-state index in [0.29, 0.717) is 28.0 Å². The first-order valence-corrected chi connectivity index (χ1v) is 9.16. The number of phenolic OH excluding ortho intramolecular Hbond substituents is 1. The number of benzene rings is 2. The normalized spacial score (nSPS) is 11.7. The van der Waals surface area contributed by atoms with E-state index in [9.17, 15) is 9.90 Å². The van der Waals surface area contributed by atoms with Crippen LogP contribution in [-0.4, -0.2) is 50.7 Å². The molecule has 0 spiro atoms. The zero-order valence-corrected chi connectivity index (χ0v) is 16.3. The summed E-state index contributed by atoms with van der Waals surface area (Å²) < 4.78 is 11.9. The molecule has 9 nitrogen and oxygen atoms in total. The van der Waals surface area contributed by atoms with E-state index in [4.69, 9.17) is 9.47 Å². The summed E-state index contributed by atoms with van der Waals surface area (Å²) >= 11 is 1.21. The standard InChI is InChI=1S/C18H19N5O4S/c1-11(17(25)19-12-8-15(26-2)10-16(9-12)27-3)28-18-20-21-22-23(18)13-4-6-14(24)7-5-13/h4-11,24H,1-3H3,(H,19,25). The Morgan fingerprint density at radius 2 is 1.79 bits per heavy atom. The molecule has 0 bridgehead atoms. The van der Waals surface area contributed by atoms with E-state index < -0.39 is 5.25 Å². The number of phenols is 1. The van der Waals surface area contributed by atoms with E-state index in [2.05, 4.69) is 20.8 Å². The molecule has 2 aromatic carbocycles. The number of carbonyl (C=O) groups is 1. The summed E-state index contributed by atoms with van der Waals surface area (Å²) in [6.45, 7) is 1.76. The van der Waals surface area contributed by atoms with E-state index >= 15 is 0 Å². The van der Waals surface area contributed by atoms with Crippen molar-refractivity contribution in [2.75, 3.05) is 19.5 Å². The first-order valence-electron chi connectivity index (χ1n) is 8.28. The summed E-state index contributed by atoms with van der Waals surface area (Å²) in [6.07, 6.45) is 0. The SMILES string of the molecule is COc1cc(NC(=O)C(C)Sc2nnnn2-c2ccc(O)cc2)cc(OC)c1. The third-order valence-corrected chi connectivity index (χ3v) is 4.84. The molecule has 0 fully saturated rings. The van der Waals surface area contributed by atoms with Crippen molar-refractivity contribution in [2.24, 2.45) is 0 Å². The number of aromatic nitrogens is 4. The van der Waals surface area contributed by atoms with Crippen LogP contribution in [0.15, 0.2) is 47.6 Å². The summed E-state index contributed by atoms with van der Waals surface area (Å²) in [6, 6.07) is 11.6. The number of hydrogen-bond donors (Lipinski definition) is 2. The van der Waals surface area contributed by atoms with Crippen molar-refractivity contribution in [3.05, 3.63) is 42.5 Å². The number of methoxy groups -OCH3 is 2. The molecule has 3 aromatic rings. The summed E-state index contributed by atoms with van der Waals surface area (Å²) in [5, 5.41) is 23.8. The Hall–Kier alpha value is -3.27. The highest BCUT2D eigenvalue weighted by molar-refractivity contribution is 8.00. The van der Waals surface area contributed by atoms with E-state index in [0.717, 1.165) is 0 Å². The lowest BCUT2D eigenvalue weighted by atomic mass is 10.2. The Kier molecular flexibility index (Phi) is 5.99. The predicted molar refractivity (Wildman–Crippen MR) is 104 cm³/mol. The zero-order chi connectivity index (χ0) is 20.1. The number of nitrogens with zero attached hydrogens (tertiary/aromatic N) is 4. The molecule has 0 saturated heterocycles. The van der Waals surface area contributed by atoms with Gasteiger partial charge in [0.15, 0.2) is 0 Å². The summed E-state index contributed by atoms with van der Waals surface area (Å²) in [7, 11) is 3.09. The lowest BCUT2D eigenvalue weighted by Crippen LogP contribution is -2.23. The first kappa shape index (κ1) is 19.5. The third-order valence-electron chi connectivity index (χ3n) is 3.81. The number of carbonyl (C=O) groups excluding carboxylic acids is 1. The molecule has 28 heavy (non-hydrogen) atoms. The molecule has 1 atom stereocenters. The van der Waals surface area contributed by atoms with Crippen molar-refractivity contribution < 1.29 is 19.4 Å². The summed E-state index contributed by atoms with van der Waals surface area (Å²) in [5.41, 5.74) is 1.24. The number of tetrazole rings is 1. The van der Waals surface area contributed by atoms with Gasteiger partial charge in [-0.3, -0.25) is 4.79 Å². The van der Waals surface area contributed by atoms with Crippen LogP contribution in [0.1, 0.15) is 6.92 Å². The van der Waals surface area contributed by atoms with Gasteiger partial charge in [0.1, 0.15) is 17.2 Å². The van der Waals surface area contributed by atoms with E-state index in [-0.39, 0.29) is 11.7 Å². The van der Waals surface area contributed by atoms with E-state index in [1.807, 2.05) is 0 Å². The quantitative estimate of drug-likeness (QED) is 0.581. The van der Waals surface area contributed by atoms with E-state index in [1.54, 1.807) is 51.5 Å². The maximum absolute atomic E-state index is 12.6.